The second kappa shape index (κ2) is 6.90. The van der Waals surface area contributed by atoms with Gasteiger partial charge in [-0.15, -0.1) is 0 Å². The molecule has 0 unspecified atom stereocenters. The number of halogens is 1. The standard InChI is InChI=1S/C14H24FNO4/c1-5-19-12(17)8-10-6-7-16(9-11(10)15)13(18)20-14(2,3)4/h10-11H,5-9H2,1-4H3/t10-,11-/m0/s1. The van der Waals surface area contributed by atoms with Crippen LogP contribution in [-0.4, -0.2) is 48.4 Å². The van der Waals surface area contributed by atoms with E-state index in [2.05, 4.69) is 0 Å². The van der Waals surface area contributed by atoms with Crippen LogP contribution in [0.3, 0.4) is 0 Å². The summed E-state index contributed by atoms with van der Waals surface area (Å²) < 4.78 is 24.1. The number of carbonyl (C=O) groups is 2. The van der Waals surface area contributed by atoms with Gasteiger partial charge in [-0.2, -0.15) is 0 Å². The summed E-state index contributed by atoms with van der Waals surface area (Å²) in [7, 11) is 0. The maximum absolute atomic E-state index is 14.0. The van der Waals surface area contributed by atoms with E-state index >= 15 is 0 Å². The van der Waals surface area contributed by atoms with Crippen molar-refractivity contribution in [3.05, 3.63) is 0 Å². The average Bonchev–Trinajstić information content (AvgIpc) is 2.29. The van der Waals surface area contributed by atoms with E-state index in [1.165, 1.54) is 4.90 Å². The first-order valence-electron chi connectivity index (χ1n) is 7.00. The Bertz CT molecular complexity index is 354. The fraction of sp³-hybridized carbons (Fsp3) is 0.857. The first-order chi connectivity index (χ1) is 9.23. The highest BCUT2D eigenvalue weighted by atomic mass is 19.1. The largest absolute Gasteiger partial charge is 0.466 e. The molecule has 0 N–H and O–H groups in total. The molecule has 1 amide bonds. The average molecular weight is 289 g/mol. The van der Waals surface area contributed by atoms with E-state index in [0.717, 1.165) is 0 Å². The fourth-order valence-electron chi connectivity index (χ4n) is 2.11. The number of hydrogen-bond donors (Lipinski definition) is 0. The van der Waals surface area contributed by atoms with Gasteiger partial charge in [-0.25, -0.2) is 9.18 Å². The third kappa shape index (κ3) is 5.35. The molecule has 1 aliphatic heterocycles. The van der Waals surface area contributed by atoms with Crippen molar-refractivity contribution in [2.24, 2.45) is 5.92 Å². The van der Waals surface area contributed by atoms with Gasteiger partial charge in [-0.3, -0.25) is 4.79 Å². The molecule has 1 saturated heterocycles. The highest BCUT2D eigenvalue weighted by Gasteiger charge is 2.34. The molecule has 116 valence electrons. The third-order valence-corrected chi connectivity index (χ3v) is 3.06. The number of likely N-dealkylation sites (tertiary alicyclic amines) is 1. The SMILES string of the molecule is CCOC(=O)C[C@@H]1CCN(C(=O)OC(C)(C)C)C[C@@H]1F. The van der Waals surface area contributed by atoms with Gasteiger partial charge in [0.1, 0.15) is 11.8 Å². The summed E-state index contributed by atoms with van der Waals surface area (Å²) in [4.78, 5) is 24.6. The van der Waals surface area contributed by atoms with Crippen molar-refractivity contribution in [2.45, 2.75) is 52.3 Å². The molecule has 0 aromatic carbocycles. The second-order valence-electron chi connectivity index (χ2n) is 6.00. The molecule has 0 spiro atoms. The van der Waals surface area contributed by atoms with Crippen LogP contribution in [0.25, 0.3) is 0 Å². The Balaban J connectivity index is 2.46. The Morgan fingerprint density at radius 3 is 2.50 bits per heavy atom. The van der Waals surface area contributed by atoms with E-state index in [1.807, 2.05) is 0 Å². The molecule has 1 fully saturated rings. The van der Waals surface area contributed by atoms with Crippen molar-refractivity contribution in [3.63, 3.8) is 0 Å². The maximum atomic E-state index is 14.0. The third-order valence-electron chi connectivity index (χ3n) is 3.06. The van der Waals surface area contributed by atoms with Crippen molar-refractivity contribution in [1.29, 1.82) is 0 Å². The molecule has 0 radical (unpaired) electrons. The van der Waals surface area contributed by atoms with Gasteiger partial charge in [0.2, 0.25) is 0 Å². The van der Waals surface area contributed by atoms with Gasteiger partial charge in [0.05, 0.1) is 19.6 Å². The van der Waals surface area contributed by atoms with Crippen LogP contribution in [0.5, 0.6) is 0 Å². The number of hydrogen-bond acceptors (Lipinski definition) is 4. The van der Waals surface area contributed by atoms with Crippen molar-refractivity contribution in [2.75, 3.05) is 19.7 Å². The van der Waals surface area contributed by atoms with E-state index in [4.69, 9.17) is 9.47 Å². The van der Waals surface area contributed by atoms with E-state index < -0.39 is 17.9 Å². The quantitative estimate of drug-likeness (QED) is 0.749. The molecular weight excluding hydrogens is 265 g/mol. The Morgan fingerprint density at radius 2 is 2.00 bits per heavy atom. The number of nitrogens with zero attached hydrogens (tertiary/aromatic N) is 1. The first-order valence-corrected chi connectivity index (χ1v) is 7.00. The van der Waals surface area contributed by atoms with Crippen LogP contribution in [0, 0.1) is 5.92 Å². The summed E-state index contributed by atoms with van der Waals surface area (Å²) in [5.74, 6) is -0.765. The van der Waals surface area contributed by atoms with Gasteiger partial charge in [-0.1, -0.05) is 0 Å². The topological polar surface area (TPSA) is 55.8 Å². The number of ether oxygens (including phenoxy) is 2. The van der Waals surface area contributed by atoms with Crippen LogP contribution in [0.4, 0.5) is 9.18 Å². The fourth-order valence-corrected chi connectivity index (χ4v) is 2.11. The summed E-state index contributed by atoms with van der Waals surface area (Å²) in [5, 5.41) is 0. The molecule has 1 aliphatic rings. The smallest absolute Gasteiger partial charge is 0.410 e. The zero-order valence-electron chi connectivity index (χ0n) is 12.6. The van der Waals surface area contributed by atoms with Crippen molar-refractivity contribution in [3.8, 4) is 0 Å². The van der Waals surface area contributed by atoms with E-state index in [0.29, 0.717) is 19.6 Å². The Kier molecular flexibility index (Phi) is 5.77. The van der Waals surface area contributed by atoms with Crippen LogP contribution in [0.1, 0.15) is 40.5 Å². The lowest BCUT2D eigenvalue weighted by Crippen LogP contribution is -2.47. The Labute approximate surface area is 119 Å². The first kappa shape index (κ1) is 16.7. The molecule has 6 heteroatoms. The summed E-state index contributed by atoms with van der Waals surface area (Å²) in [6.45, 7) is 7.70. The molecule has 2 atom stereocenters. The van der Waals surface area contributed by atoms with Crippen molar-refractivity contribution < 1.29 is 23.5 Å². The predicted molar refractivity (Wildman–Crippen MR) is 72.1 cm³/mol. The molecular formula is C14H24FNO4. The predicted octanol–water partition coefficient (Wildman–Crippen LogP) is 2.53. The lowest BCUT2D eigenvalue weighted by atomic mass is 9.92. The minimum absolute atomic E-state index is 0.0288. The van der Waals surface area contributed by atoms with Gasteiger partial charge >= 0.3 is 12.1 Å². The molecule has 0 saturated carbocycles. The van der Waals surface area contributed by atoms with E-state index in [-0.39, 0.29) is 24.9 Å². The van der Waals surface area contributed by atoms with E-state index in [9.17, 15) is 14.0 Å². The molecule has 0 aromatic heterocycles. The minimum Gasteiger partial charge on any atom is -0.466 e. The minimum atomic E-state index is -1.22. The lowest BCUT2D eigenvalue weighted by Gasteiger charge is -2.35. The highest BCUT2D eigenvalue weighted by molar-refractivity contribution is 5.70. The summed E-state index contributed by atoms with van der Waals surface area (Å²) in [6.07, 6.45) is -1.22. The summed E-state index contributed by atoms with van der Waals surface area (Å²) >= 11 is 0. The Morgan fingerprint density at radius 1 is 1.35 bits per heavy atom. The summed E-state index contributed by atoms with van der Waals surface area (Å²) in [6, 6.07) is 0. The Hall–Kier alpha value is -1.33. The zero-order valence-corrected chi connectivity index (χ0v) is 12.6. The number of esters is 1. The maximum Gasteiger partial charge on any atom is 0.410 e. The van der Waals surface area contributed by atoms with E-state index in [1.54, 1.807) is 27.7 Å². The molecule has 0 aromatic rings. The van der Waals surface area contributed by atoms with Crippen LogP contribution in [0.15, 0.2) is 0 Å². The molecule has 5 nitrogen and oxygen atoms in total. The van der Waals surface area contributed by atoms with Gasteiger partial charge in [0.15, 0.2) is 0 Å². The van der Waals surface area contributed by atoms with Crippen LogP contribution < -0.4 is 0 Å². The second-order valence-corrected chi connectivity index (χ2v) is 6.00. The van der Waals surface area contributed by atoms with Gasteiger partial charge < -0.3 is 14.4 Å². The lowest BCUT2D eigenvalue weighted by molar-refractivity contribution is -0.145. The number of carbonyl (C=O) groups excluding carboxylic acids is 2. The molecule has 20 heavy (non-hydrogen) atoms. The van der Waals surface area contributed by atoms with Crippen LogP contribution in [-0.2, 0) is 14.3 Å². The summed E-state index contributed by atoms with van der Waals surface area (Å²) in [5.41, 5.74) is -0.593. The monoisotopic (exact) mass is 289 g/mol. The van der Waals surface area contributed by atoms with Gasteiger partial charge in [0.25, 0.3) is 0 Å². The number of alkyl halides is 1. The molecule has 0 aliphatic carbocycles. The molecule has 0 bridgehead atoms. The van der Waals surface area contributed by atoms with Crippen LogP contribution >= 0.6 is 0 Å². The highest BCUT2D eigenvalue weighted by Crippen LogP contribution is 2.25. The zero-order chi connectivity index (χ0) is 15.3. The van der Waals surface area contributed by atoms with Crippen LogP contribution in [0.2, 0.25) is 0 Å². The number of amides is 1. The normalized spacial score (nSPS) is 23.4. The molecule has 1 heterocycles. The van der Waals surface area contributed by atoms with Gasteiger partial charge in [-0.05, 0) is 34.1 Å². The molecule has 1 rings (SSSR count). The number of rotatable bonds is 3. The van der Waals surface area contributed by atoms with Gasteiger partial charge in [0, 0.05) is 12.5 Å². The van der Waals surface area contributed by atoms with Crippen molar-refractivity contribution in [1.82, 2.24) is 4.90 Å². The number of piperidine rings is 1. The van der Waals surface area contributed by atoms with Crippen molar-refractivity contribution >= 4 is 12.1 Å².